The van der Waals surface area contributed by atoms with Crippen LogP contribution in [-0.2, 0) is 42.6 Å². The summed E-state index contributed by atoms with van der Waals surface area (Å²) in [4.78, 5) is 0. The number of aliphatic hydroxyl groups excluding tert-OH is 17. The largest absolute Gasteiger partial charge is 0.394 e. The van der Waals surface area contributed by atoms with Gasteiger partial charge in [-0.1, -0.05) is 0 Å². The maximum atomic E-state index is 11.3. The van der Waals surface area contributed by atoms with Crippen LogP contribution in [0.25, 0.3) is 0 Å². The van der Waals surface area contributed by atoms with Crippen molar-refractivity contribution in [1.29, 1.82) is 0 Å². The number of hydrogen-bond acceptors (Lipinski definition) is 26. The van der Waals surface area contributed by atoms with Gasteiger partial charge in [-0.25, -0.2) is 0 Å². The molecule has 26 heteroatoms. The molecule has 0 aromatic rings. The zero-order valence-corrected chi connectivity index (χ0v) is 29.2. The summed E-state index contributed by atoms with van der Waals surface area (Å²) in [7, 11) is 0. The molecular formula is C30H52O26. The third-order valence-electron chi connectivity index (χ3n) is 10.3. The van der Waals surface area contributed by atoms with Crippen LogP contribution in [0.15, 0.2) is 0 Å². The van der Waals surface area contributed by atoms with Crippen LogP contribution < -0.4 is 0 Å². The minimum absolute atomic E-state index is 0.833. The van der Waals surface area contributed by atoms with Crippen LogP contribution in [0.3, 0.4) is 0 Å². The van der Waals surface area contributed by atoms with Crippen molar-refractivity contribution in [2.45, 2.75) is 154 Å². The molecule has 0 aliphatic carbocycles. The van der Waals surface area contributed by atoms with Gasteiger partial charge in [0.15, 0.2) is 31.5 Å². The van der Waals surface area contributed by atoms with Gasteiger partial charge in [0, 0.05) is 0 Å². The van der Waals surface area contributed by atoms with Crippen molar-refractivity contribution in [3.8, 4) is 0 Å². The molecule has 0 radical (unpaired) electrons. The SMILES string of the molecule is OC[C@H]1O[C@H](O[C@@H]2[C@@H](O[C@@H]3[C@@H](O[C@@H]4[C@@H](O[C@@H]5C(O)O[C@H](CO)[C@@H](O)[C@@H]5O)O[C@H](CO)[C@@H](O)[C@@H]4O)O[C@H](CO)[C@@H](O)[C@@H]3O)O[C@H](CO)[C@@H](O)[C@@H]2O)[C@@H](O)[C@@H](O)[C@@H]1O. The van der Waals surface area contributed by atoms with E-state index in [0.717, 1.165) is 0 Å². The predicted octanol–water partition coefficient (Wildman–Crippen LogP) is -11.9. The van der Waals surface area contributed by atoms with Gasteiger partial charge in [0.25, 0.3) is 0 Å². The van der Waals surface area contributed by atoms with E-state index in [9.17, 15) is 86.8 Å². The number of ether oxygens (including phenoxy) is 9. The highest BCUT2D eigenvalue weighted by Gasteiger charge is 2.57. The molecule has 0 bridgehead atoms. The van der Waals surface area contributed by atoms with Crippen LogP contribution in [0.5, 0.6) is 0 Å². The summed E-state index contributed by atoms with van der Waals surface area (Å²) in [5, 5.41) is 177. The van der Waals surface area contributed by atoms with E-state index in [2.05, 4.69) is 0 Å². The lowest BCUT2D eigenvalue weighted by atomic mass is 9.95. The number of rotatable bonds is 13. The Balaban J connectivity index is 1.45. The van der Waals surface area contributed by atoms with Crippen molar-refractivity contribution in [1.82, 2.24) is 0 Å². The quantitative estimate of drug-likeness (QED) is 0.0819. The molecule has 0 amide bonds. The summed E-state index contributed by atoms with van der Waals surface area (Å²) in [6.07, 6.45) is -48.2. The third-order valence-corrected chi connectivity index (χ3v) is 10.3. The third kappa shape index (κ3) is 9.16. The molecule has 5 fully saturated rings. The second kappa shape index (κ2) is 19.6. The van der Waals surface area contributed by atoms with Gasteiger partial charge in [-0.2, -0.15) is 0 Å². The average Bonchev–Trinajstić information content (AvgIpc) is 3.19. The Morgan fingerprint density at radius 2 is 0.518 bits per heavy atom. The predicted molar refractivity (Wildman–Crippen MR) is 167 cm³/mol. The molecule has 0 aromatic carbocycles. The van der Waals surface area contributed by atoms with Gasteiger partial charge in [0.05, 0.1) is 33.0 Å². The van der Waals surface area contributed by atoms with E-state index in [1.807, 2.05) is 0 Å². The molecule has 0 saturated carbocycles. The van der Waals surface area contributed by atoms with Gasteiger partial charge in [-0.05, 0) is 0 Å². The van der Waals surface area contributed by atoms with Crippen molar-refractivity contribution in [2.75, 3.05) is 33.0 Å². The molecular weight excluding hydrogens is 776 g/mol. The topological polar surface area (TPSA) is 427 Å². The fourth-order valence-electron chi connectivity index (χ4n) is 6.95. The summed E-state index contributed by atoms with van der Waals surface area (Å²) in [6, 6.07) is 0. The minimum Gasteiger partial charge on any atom is -0.394 e. The molecule has 5 aliphatic heterocycles. The monoisotopic (exact) mass is 828 g/mol. The maximum Gasteiger partial charge on any atom is 0.187 e. The standard InChI is InChI=1S/C30H52O26/c31-1-6-12(37)17(42)22(26(47)48-6)53-28-24(19(44)14(39)8(3-33)50-28)55-30-25(20(45)15(40)10(5-35)52-30)56-29-23(18(43)13(38)9(4-34)51-29)54-27-21(46)16(41)11(36)7(2-32)49-27/h6-47H,1-5H2/t6-,7-,8-,9-,10-,11-,12-,13-,14-,15-,16+,17+,18+,19+,20+,21+,22+,23+,24+,25+,26?,27-,28-,29-,30-/m1/s1. The van der Waals surface area contributed by atoms with E-state index in [-0.39, 0.29) is 0 Å². The van der Waals surface area contributed by atoms with Gasteiger partial charge < -0.3 is 129 Å². The van der Waals surface area contributed by atoms with E-state index in [1.54, 1.807) is 0 Å². The van der Waals surface area contributed by atoms with Crippen LogP contribution in [0.4, 0.5) is 0 Å². The molecule has 56 heavy (non-hydrogen) atoms. The van der Waals surface area contributed by atoms with Gasteiger partial charge in [0.1, 0.15) is 122 Å². The van der Waals surface area contributed by atoms with Crippen LogP contribution in [0.2, 0.25) is 0 Å². The van der Waals surface area contributed by atoms with Crippen molar-refractivity contribution < 1.29 is 129 Å². The van der Waals surface area contributed by atoms with Crippen LogP contribution in [0, 0.1) is 0 Å². The Bertz CT molecular complexity index is 1210. The molecule has 328 valence electrons. The first-order valence-electron chi connectivity index (χ1n) is 17.6. The van der Waals surface area contributed by atoms with Crippen LogP contribution >= 0.6 is 0 Å². The highest BCUT2D eigenvalue weighted by atomic mass is 16.8. The molecule has 26 nitrogen and oxygen atoms in total. The zero-order chi connectivity index (χ0) is 41.3. The molecule has 1 unspecified atom stereocenters. The highest BCUT2D eigenvalue weighted by molar-refractivity contribution is 4.98. The zero-order valence-electron chi connectivity index (χ0n) is 29.2. The Hall–Kier alpha value is -1.04. The molecule has 5 heterocycles. The lowest BCUT2D eigenvalue weighted by Gasteiger charge is -2.50. The Morgan fingerprint density at radius 3 is 0.857 bits per heavy atom. The normalized spacial score (nSPS) is 53.2. The Morgan fingerprint density at radius 1 is 0.268 bits per heavy atom. The molecule has 0 aromatic heterocycles. The first-order chi connectivity index (χ1) is 26.5. The van der Waals surface area contributed by atoms with Gasteiger partial charge in [-0.15, -0.1) is 0 Å². The summed E-state index contributed by atoms with van der Waals surface area (Å²) in [6.45, 7) is -4.60. The Kier molecular flexibility index (Phi) is 16.1. The first kappa shape index (κ1) is 46.0. The van der Waals surface area contributed by atoms with Gasteiger partial charge in [0.2, 0.25) is 0 Å². The second-order valence-electron chi connectivity index (χ2n) is 13.9. The summed E-state index contributed by atoms with van der Waals surface area (Å²) in [5.41, 5.74) is 0. The summed E-state index contributed by atoms with van der Waals surface area (Å²) < 4.78 is 50.2. The van der Waals surface area contributed by atoms with E-state index >= 15 is 0 Å². The fourth-order valence-corrected chi connectivity index (χ4v) is 6.95. The van der Waals surface area contributed by atoms with Crippen molar-refractivity contribution in [3.63, 3.8) is 0 Å². The average molecular weight is 829 g/mol. The van der Waals surface area contributed by atoms with Crippen LogP contribution in [-0.4, -0.2) is 273 Å². The van der Waals surface area contributed by atoms with Gasteiger partial charge >= 0.3 is 0 Å². The lowest BCUT2D eigenvalue weighted by Crippen LogP contribution is -2.68. The molecule has 5 saturated heterocycles. The van der Waals surface area contributed by atoms with E-state index in [1.165, 1.54) is 0 Å². The minimum atomic E-state index is -2.16. The van der Waals surface area contributed by atoms with E-state index in [4.69, 9.17) is 42.6 Å². The van der Waals surface area contributed by atoms with Crippen molar-refractivity contribution in [2.24, 2.45) is 0 Å². The molecule has 5 rings (SSSR count). The first-order valence-corrected chi connectivity index (χ1v) is 17.6. The van der Waals surface area contributed by atoms with Gasteiger partial charge in [-0.3, -0.25) is 0 Å². The highest BCUT2D eigenvalue weighted by Crippen LogP contribution is 2.36. The molecule has 17 N–H and O–H groups in total. The van der Waals surface area contributed by atoms with E-state index in [0.29, 0.717) is 0 Å². The number of aliphatic hydroxyl groups is 17. The second-order valence-corrected chi connectivity index (χ2v) is 13.9. The lowest BCUT2D eigenvalue weighted by molar-refractivity contribution is -0.412. The van der Waals surface area contributed by atoms with E-state index < -0.39 is 187 Å². The maximum absolute atomic E-state index is 11.3. The molecule has 25 atom stereocenters. The summed E-state index contributed by atoms with van der Waals surface area (Å²) >= 11 is 0. The Labute approximate surface area is 316 Å². The fraction of sp³-hybridized carbons (Fsp3) is 1.00. The molecule has 5 aliphatic rings. The van der Waals surface area contributed by atoms with Crippen molar-refractivity contribution in [3.05, 3.63) is 0 Å². The number of hydrogen-bond donors (Lipinski definition) is 17. The van der Waals surface area contributed by atoms with Crippen molar-refractivity contribution >= 4 is 0 Å². The smallest absolute Gasteiger partial charge is 0.187 e. The molecule has 0 spiro atoms. The van der Waals surface area contributed by atoms with Crippen LogP contribution in [0.1, 0.15) is 0 Å². The summed E-state index contributed by atoms with van der Waals surface area (Å²) in [5.74, 6) is 0.